The van der Waals surface area contributed by atoms with Crippen LogP contribution in [0.2, 0.25) is 0 Å². The lowest BCUT2D eigenvalue weighted by atomic mass is 9.52. The number of ether oxygens (including phenoxy) is 2. The number of aliphatic carboxylic acids is 1. The van der Waals surface area contributed by atoms with Crippen molar-refractivity contribution in [2.75, 3.05) is 20.7 Å². The van der Waals surface area contributed by atoms with Crippen LogP contribution in [0.15, 0.2) is 36.4 Å². The largest absolute Gasteiger partial charge is 0.493 e. The molecule has 198 valence electrons. The quantitative estimate of drug-likeness (QED) is 0.616. The molecule has 2 fully saturated rings. The summed E-state index contributed by atoms with van der Waals surface area (Å²) in [4.78, 5) is 25.9. The highest BCUT2D eigenvalue weighted by atomic mass is 16.5. The molecule has 5 atom stereocenters. The average molecular weight is 506 g/mol. The van der Waals surface area contributed by atoms with Gasteiger partial charge in [0.1, 0.15) is 0 Å². The van der Waals surface area contributed by atoms with Crippen LogP contribution in [0.4, 0.5) is 0 Å². The molecule has 2 aliphatic carbocycles. The lowest BCUT2D eigenvalue weighted by Gasteiger charge is -2.57. The summed E-state index contributed by atoms with van der Waals surface area (Å²) >= 11 is 0. The van der Waals surface area contributed by atoms with Crippen LogP contribution in [0, 0.1) is 11.8 Å². The lowest BCUT2D eigenvalue weighted by molar-refractivity contribution is -0.139. The van der Waals surface area contributed by atoms with Gasteiger partial charge in [-0.05, 0) is 80.8 Å². The Kier molecular flexibility index (Phi) is 6.82. The van der Waals surface area contributed by atoms with Crippen molar-refractivity contribution >= 4 is 11.8 Å². The van der Waals surface area contributed by atoms with Gasteiger partial charge in [-0.2, -0.15) is 0 Å². The molecule has 2 bridgehead atoms. The number of hydrogen-bond donors (Lipinski definition) is 1. The monoisotopic (exact) mass is 505 g/mol. The molecule has 1 unspecified atom stereocenters. The van der Waals surface area contributed by atoms with Gasteiger partial charge in [-0.1, -0.05) is 44.2 Å². The van der Waals surface area contributed by atoms with Crippen LogP contribution in [-0.4, -0.2) is 54.6 Å². The summed E-state index contributed by atoms with van der Waals surface area (Å²) < 4.78 is 11.8. The second kappa shape index (κ2) is 9.79. The molecule has 6 heteroatoms. The van der Waals surface area contributed by atoms with Crippen LogP contribution in [0.1, 0.15) is 68.2 Å². The predicted molar refractivity (Wildman–Crippen MR) is 143 cm³/mol. The summed E-state index contributed by atoms with van der Waals surface area (Å²) in [6.07, 6.45) is 4.51. The number of hydrogen-bond acceptors (Lipinski definition) is 5. The van der Waals surface area contributed by atoms with Crippen molar-refractivity contribution in [1.29, 1.82) is 0 Å². The van der Waals surface area contributed by atoms with E-state index < -0.39 is 11.9 Å². The number of carbonyl (C=O) groups excluding carboxylic acids is 1. The smallest absolute Gasteiger partial charge is 0.310 e. The molecule has 6 nitrogen and oxygen atoms in total. The van der Waals surface area contributed by atoms with Crippen molar-refractivity contribution in [3.05, 3.63) is 58.7 Å². The first-order chi connectivity index (χ1) is 17.7. The average Bonchev–Trinajstić information content (AvgIpc) is 3.23. The fourth-order valence-corrected chi connectivity index (χ4v) is 7.23. The van der Waals surface area contributed by atoms with Gasteiger partial charge in [-0.15, -0.1) is 0 Å². The first kappa shape index (κ1) is 25.8. The number of Topliss-reactive ketones (excluding diaryl/α,β-unsaturated/α-hetero) is 1. The minimum Gasteiger partial charge on any atom is -0.493 e. The van der Waals surface area contributed by atoms with Gasteiger partial charge in [-0.25, -0.2) is 0 Å². The molecule has 2 aliphatic heterocycles. The van der Waals surface area contributed by atoms with Gasteiger partial charge in [0.05, 0.1) is 13.0 Å². The fraction of sp³-hybridized carbons (Fsp3) is 0.548. The third-order valence-electron chi connectivity index (χ3n) is 9.08. The molecule has 6 rings (SSSR count). The summed E-state index contributed by atoms with van der Waals surface area (Å²) in [7, 11) is 3.91. The molecule has 2 aromatic carbocycles. The molecule has 4 aliphatic rings. The number of benzene rings is 2. The van der Waals surface area contributed by atoms with Crippen molar-refractivity contribution < 1.29 is 24.2 Å². The van der Waals surface area contributed by atoms with Gasteiger partial charge in [-0.3, -0.25) is 9.59 Å². The Morgan fingerprint density at radius 1 is 1.19 bits per heavy atom. The molecule has 1 N–H and O–H groups in total. The molecule has 2 heterocycles. The Hall–Kier alpha value is -2.86. The third-order valence-corrected chi connectivity index (χ3v) is 9.08. The van der Waals surface area contributed by atoms with Gasteiger partial charge in [0, 0.05) is 23.4 Å². The number of carboxylic acids is 1. The van der Waals surface area contributed by atoms with Crippen molar-refractivity contribution in [2.24, 2.45) is 11.8 Å². The number of likely N-dealkylation sites (N-methyl/N-ethyl adjacent to an activating group) is 1. The summed E-state index contributed by atoms with van der Waals surface area (Å²) in [6, 6.07) is 12.6. The van der Waals surface area contributed by atoms with E-state index in [9.17, 15) is 9.59 Å². The highest BCUT2D eigenvalue weighted by Crippen LogP contribution is 2.63. The number of carboxylic acid groups (broad SMARTS) is 1. The van der Waals surface area contributed by atoms with E-state index in [1.54, 1.807) is 14.0 Å². The van der Waals surface area contributed by atoms with Crippen LogP contribution < -0.4 is 9.47 Å². The number of piperidine rings is 1. The van der Waals surface area contributed by atoms with Crippen molar-refractivity contribution in [2.45, 2.75) is 76.4 Å². The Bertz CT molecular complexity index is 1190. The lowest BCUT2D eigenvalue weighted by Crippen LogP contribution is -2.65. The Labute approximate surface area is 220 Å². The molecule has 2 aromatic rings. The van der Waals surface area contributed by atoms with Gasteiger partial charge < -0.3 is 19.5 Å². The Balaban J connectivity index is 0.000000165. The summed E-state index contributed by atoms with van der Waals surface area (Å²) in [6.45, 7) is 7.10. The summed E-state index contributed by atoms with van der Waals surface area (Å²) in [5.41, 5.74) is 4.71. The minimum absolute atomic E-state index is 0.0933. The number of rotatable bonds is 5. The van der Waals surface area contributed by atoms with E-state index in [0.717, 1.165) is 49.3 Å². The van der Waals surface area contributed by atoms with Crippen LogP contribution in [0.25, 0.3) is 0 Å². The normalized spacial score (nSPS) is 28.1. The molecular weight excluding hydrogens is 466 g/mol. The maximum Gasteiger partial charge on any atom is 0.310 e. The van der Waals surface area contributed by atoms with Crippen LogP contribution >= 0.6 is 0 Å². The molecule has 0 radical (unpaired) electrons. The highest BCUT2D eigenvalue weighted by Gasteiger charge is 2.65. The van der Waals surface area contributed by atoms with Crippen LogP contribution in [0.3, 0.4) is 0 Å². The first-order valence-corrected chi connectivity index (χ1v) is 13.6. The van der Waals surface area contributed by atoms with E-state index in [4.69, 9.17) is 14.6 Å². The predicted octanol–water partition coefficient (Wildman–Crippen LogP) is 5.01. The number of methoxy groups -OCH3 is 1. The molecular formula is C31H39NO5. The number of ketones is 1. The zero-order valence-corrected chi connectivity index (χ0v) is 22.6. The van der Waals surface area contributed by atoms with E-state index >= 15 is 0 Å². The second-order valence-corrected chi connectivity index (χ2v) is 11.7. The third kappa shape index (κ3) is 4.23. The number of nitrogens with zero attached hydrogens (tertiary/aromatic N) is 1. The Morgan fingerprint density at radius 2 is 1.92 bits per heavy atom. The van der Waals surface area contributed by atoms with E-state index in [1.807, 2.05) is 30.3 Å². The van der Waals surface area contributed by atoms with Gasteiger partial charge in [0.2, 0.25) is 0 Å². The fourth-order valence-electron chi connectivity index (χ4n) is 7.23. The minimum atomic E-state index is -0.772. The van der Waals surface area contributed by atoms with Crippen LogP contribution in [-0.2, 0) is 27.8 Å². The van der Waals surface area contributed by atoms with Crippen molar-refractivity contribution in [3.63, 3.8) is 0 Å². The maximum atomic E-state index is 12.6. The zero-order valence-electron chi connectivity index (χ0n) is 22.6. The molecule has 1 saturated carbocycles. The van der Waals surface area contributed by atoms with Crippen LogP contribution in [0.5, 0.6) is 11.5 Å². The highest BCUT2D eigenvalue weighted by molar-refractivity contribution is 5.89. The standard InChI is InChI=1S/C18H21NO3.C13H18O2/c1-19-8-7-18-11-4-5-13(20)17(18)22-16-14(21-2)6-3-10(15(16)18)9-12(11)19;1-9(2)8-11-4-6-12(7-5-11)10(3)13(14)15/h3,6,11-12,17H,4-5,7-9H2,1-2H3;4-7,9-10H,8H2,1-3H3,(H,14,15)/t11-,12+,17-,18-;/m0./s1. The van der Waals surface area contributed by atoms with E-state index in [0.29, 0.717) is 24.3 Å². The second-order valence-electron chi connectivity index (χ2n) is 11.7. The van der Waals surface area contributed by atoms with Crippen molar-refractivity contribution in [3.8, 4) is 11.5 Å². The summed E-state index contributed by atoms with van der Waals surface area (Å²) in [5.74, 6) is 1.90. The number of carbonyl (C=O) groups is 2. The maximum absolute atomic E-state index is 12.6. The molecule has 0 amide bonds. The molecule has 1 spiro atoms. The molecule has 0 aromatic heterocycles. The summed E-state index contributed by atoms with van der Waals surface area (Å²) in [5, 5.41) is 8.85. The SMILES string of the molecule is CC(C)Cc1ccc(C(C)C(=O)O)cc1.COc1ccc2c3c1O[C@H]1C(=O)CC[C@H]4[C@@H](C2)N(C)CC[C@]314. The van der Waals surface area contributed by atoms with Gasteiger partial charge in [0.25, 0.3) is 0 Å². The van der Waals surface area contributed by atoms with E-state index in [-0.39, 0.29) is 17.3 Å². The molecule has 1 saturated heterocycles. The van der Waals surface area contributed by atoms with Gasteiger partial charge in [0.15, 0.2) is 23.4 Å². The molecule has 37 heavy (non-hydrogen) atoms. The van der Waals surface area contributed by atoms with Crippen molar-refractivity contribution in [1.82, 2.24) is 4.90 Å². The zero-order chi connectivity index (χ0) is 26.5. The van der Waals surface area contributed by atoms with E-state index in [2.05, 4.69) is 31.9 Å². The number of likely N-dealkylation sites (tertiary alicyclic amines) is 1. The Morgan fingerprint density at radius 3 is 2.57 bits per heavy atom. The van der Waals surface area contributed by atoms with E-state index in [1.165, 1.54) is 16.7 Å². The first-order valence-electron chi connectivity index (χ1n) is 13.6. The topological polar surface area (TPSA) is 76.1 Å². The van der Waals surface area contributed by atoms with Gasteiger partial charge >= 0.3 is 5.97 Å².